The average molecular weight is 349 g/mol. The molecule has 0 bridgehead atoms. The van der Waals surface area contributed by atoms with Crippen molar-refractivity contribution in [2.75, 3.05) is 11.9 Å². The fourth-order valence-corrected chi connectivity index (χ4v) is 3.67. The molecular weight excluding hydrogens is 326 g/mol. The van der Waals surface area contributed by atoms with Crippen LogP contribution in [0.5, 0.6) is 0 Å². The molecule has 0 saturated carbocycles. The van der Waals surface area contributed by atoms with Gasteiger partial charge in [0.25, 0.3) is 0 Å². The Labute approximate surface area is 153 Å². The third-order valence-electron chi connectivity index (χ3n) is 4.98. The number of benzene rings is 1. The van der Waals surface area contributed by atoms with Crippen molar-refractivity contribution in [1.29, 1.82) is 0 Å². The number of hydrogen-bond donors (Lipinski definition) is 1. The number of amides is 2. The van der Waals surface area contributed by atoms with Crippen molar-refractivity contribution in [3.63, 3.8) is 0 Å². The third kappa shape index (κ3) is 3.29. The first-order valence-electron chi connectivity index (χ1n) is 9.20. The summed E-state index contributed by atoms with van der Waals surface area (Å²) in [7, 11) is 0. The first-order chi connectivity index (χ1) is 12.7. The summed E-state index contributed by atoms with van der Waals surface area (Å²) in [5.74, 6) is 1.75. The van der Waals surface area contributed by atoms with E-state index >= 15 is 0 Å². The number of likely N-dealkylation sites (tertiary alicyclic amines) is 1. The van der Waals surface area contributed by atoms with Crippen LogP contribution in [-0.2, 0) is 0 Å². The minimum absolute atomic E-state index is 0.0193. The predicted octanol–water partition coefficient (Wildman–Crippen LogP) is 5.29. The molecule has 3 aromatic rings. The summed E-state index contributed by atoms with van der Waals surface area (Å²) in [6.07, 6.45) is 5.92. The van der Waals surface area contributed by atoms with Crippen molar-refractivity contribution in [2.45, 2.75) is 38.6 Å². The minimum atomic E-state index is -0.0934. The number of nitrogens with one attached hydrogen (secondary N) is 1. The van der Waals surface area contributed by atoms with Crippen LogP contribution < -0.4 is 5.32 Å². The molecule has 1 saturated heterocycles. The number of nitrogens with zero attached hydrogens (tertiary/aromatic N) is 2. The Morgan fingerprint density at radius 2 is 2.04 bits per heavy atom. The molecule has 1 aromatic carbocycles. The van der Waals surface area contributed by atoms with Crippen LogP contribution in [0, 0.1) is 6.92 Å². The van der Waals surface area contributed by atoms with Gasteiger partial charge in [-0.1, -0.05) is 31.0 Å². The summed E-state index contributed by atoms with van der Waals surface area (Å²) >= 11 is 0. The highest BCUT2D eigenvalue weighted by Crippen LogP contribution is 2.32. The van der Waals surface area contributed by atoms with Gasteiger partial charge in [0.05, 0.1) is 17.2 Å². The van der Waals surface area contributed by atoms with Gasteiger partial charge in [0, 0.05) is 18.1 Å². The van der Waals surface area contributed by atoms with Gasteiger partial charge in [-0.3, -0.25) is 4.98 Å². The summed E-state index contributed by atoms with van der Waals surface area (Å²) < 4.78 is 5.85. The lowest BCUT2D eigenvalue weighted by molar-refractivity contribution is 0.178. The van der Waals surface area contributed by atoms with Gasteiger partial charge in [0.2, 0.25) is 0 Å². The van der Waals surface area contributed by atoms with Crippen LogP contribution in [0.25, 0.3) is 10.9 Å². The third-order valence-corrected chi connectivity index (χ3v) is 4.98. The van der Waals surface area contributed by atoms with Gasteiger partial charge in [-0.15, -0.1) is 0 Å². The summed E-state index contributed by atoms with van der Waals surface area (Å²) in [6.45, 7) is 2.67. The molecule has 134 valence electrons. The number of pyridine rings is 1. The lowest BCUT2D eigenvalue weighted by atomic mass is 10.1. The second-order valence-electron chi connectivity index (χ2n) is 6.82. The topological polar surface area (TPSA) is 58.4 Å². The first-order valence-corrected chi connectivity index (χ1v) is 9.20. The van der Waals surface area contributed by atoms with Gasteiger partial charge < -0.3 is 14.6 Å². The number of carbonyl (C=O) groups excluding carboxylic acids is 1. The molecule has 1 N–H and O–H groups in total. The van der Waals surface area contributed by atoms with Crippen LogP contribution in [0.15, 0.2) is 53.1 Å². The van der Waals surface area contributed by atoms with Crippen molar-refractivity contribution in [1.82, 2.24) is 9.88 Å². The highest BCUT2D eigenvalue weighted by Gasteiger charge is 2.29. The second-order valence-corrected chi connectivity index (χ2v) is 6.82. The molecule has 26 heavy (non-hydrogen) atoms. The fraction of sp³-hybridized carbons (Fsp3) is 0.333. The number of rotatable bonds is 2. The van der Waals surface area contributed by atoms with Crippen molar-refractivity contribution in [3.8, 4) is 0 Å². The standard InChI is InChI=1S/C21H23N3O2/c1-15-11-12-19(26-15)18-10-3-2-4-14-24(18)21(25)23-17-9-5-7-16-8-6-13-22-20(16)17/h5-9,11-13,18H,2-4,10,14H2,1H3,(H,23,25). The van der Waals surface area contributed by atoms with E-state index in [-0.39, 0.29) is 12.1 Å². The van der Waals surface area contributed by atoms with Gasteiger partial charge in [-0.05, 0) is 44.0 Å². The normalized spacial score (nSPS) is 17.9. The Kier molecular flexibility index (Phi) is 4.61. The molecule has 1 fully saturated rings. The molecule has 1 aliphatic heterocycles. The molecule has 3 heterocycles. The zero-order chi connectivity index (χ0) is 17.9. The molecule has 2 amide bonds. The second kappa shape index (κ2) is 7.20. The van der Waals surface area contributed by atoms with Crippen LogP contribution in [-0.4, -0.2) is 22.5 Å². The van der Waals surface area contributed by atoms with E-state index in [1.165, 1.54) is 0 Å². The van der Waals surface area contributed by atoms with E-state index in [1.807, 2.05) is 54.3 Å². The van der Waals surface area contributed by atoms with Gasteiger partial charge in [-0.2, -0.15) is 0 Å². The summed E-state index contributed by atoms with van der Waals surface area (Å²) in [4.78, 5) is 19.4. The van der Waals surface area contributed by atoms with Gasteiger partial charge in [0.15, 0.2) is 0 Å². The number of hydrogen-bond acceptors (Lipinski definition) is 3. The zero-order valence-corrected chi connectivity index (χ0v) is 14.9. The van der Waals surface area contributed by atoms with Crippen LogP contribution >= 0.6 is 0 Å². The van der Waals surface area contributed by atoms with Crippen molar-refractivity contribution in [3.05, 3.63) is 60.2 Å². The molecule has 5 nitrogen and oxygen atoms in total. The first kappa shape index (κ1) is 16.6. The van der Waals surface area contributed by atoms with Gasteiger partial charge in [0.1, 0.15) is 11.5 Å². The Morgan fingerprint density at radius 3 is 2.88 bits per heavy atom. The Hall–Kier alpha value is -2.82. The Morgan fingerprint density at radius 1 is 1.15 bits per heavy atom. The number of aromatic nitrogens is 1. The highest BCUT2D eigenvalue weighted by molar-refractivity contribution is 5.99. The molecule has 0 radical (unpaired) electrons. The Balaban J connectivity index is 1.62. The maximum Gasteiger partial charge on any atom is 0.322 e. The van der Waals surface area contributed by atoms with Gasteiger partial charge in [-0.25, -0.2) is 4.79 Å². The fourth-order valence-electron chi connectivity index (χ4n) is 3.67. The molecule has 1 unspecified atom stereocenters. The molecule has 1 aliphatic rings. The SMILES string of the molecule is Cc1ccc(C2CCCCCN2C(=O)Nc2cccc3cccnc23)o1. The van der Waals surface area contributed by atoms with Crippen LogP contribution in [0.3, 0.4) is 0 Å². The molecule has 1 atom stereocenters. The monoisotopic (exact) mass is 349 g/mol. The highest BCUT2D eigenvalue weighted by atomic mass is 16.3. The number of fused-ring (bicyclic) bond motifs is 1. The molecule has 2 aromatic heterocycles. The van der Waals surface area contributed by atoms with E-state index in [2.05, 4.69) is 10.3 Å². The van der Waals surface area contributed by atoms with E-state index in [1.54, 1.807) is 6.20 Å². The lowest BCUT2D eigenvalue weighted by Gasteiger charge is -2.29. The van der Waals surface area contributed by atoms with E-state index in [0.29, 0.717) is 0 Å². The maximum atomic E-state index is 13.1. The van der Waals surface area contributed by atoms with E-state index in [9.17, 15) is 4.79 Å². The molecule has 0 aliphatic carbocycles. The van der Waals surface area contributed by atoms with E-state index in [4.69, 9.17) is 4.42 Å². The number of aryl methyl sites for hydroxylation is 1. The van der Waals surface area contributed by atoms with Crippen LogP contribution in [0.1, 0.15) is 43.2 Å². The predicted molar refractivity (Wildman–Crippen MR) is 102 cm³/mol. The maximum absolute atomic E-state index is 13.1. The molecule has 4 rings (SSSR count). The largest absolute Gasteiger partial charge is 0.464 e. The van der Waals surface area contributed by atoms with E-state index in [0.717, 1.165) is 60.3 Å². The van der Waals surface area contributed by atoms with E-state index < -0.39 is 0 Å². The van der Waals surface area contributed by atoms with Gasteiger partial charge >= 0.3 is 6.03 Å². The summed E-state index contributed by atoms with van der Waals surface area (Å²) in [5.41, 5.74) is 1.55. The number of para-hydroxylation sites is 1. The Bertz CT molecular complexity index is 913. The van der Waals surface area contributed by atoms with Crippen molar-refractivity contribution < 1.29 is 9.21 Å². The molecular formula is C21H23N3O2. The molecule has 0 spiro atoms. The quantitative estimate of drug-likeness (QED) is 0.684. The number of anilines is 1. The smallest absolute Gasteiger partial charge is 0.322 e. The minimum Gasteiger partial charge on any atom is -0.464 e. The lowest BCUT2D eigenvalue weighted by Crippen LogP contribution is -2.38. The number of furan rings is 1. The number of urea groups is 1. The average Bonchev–Trinajstić information content (AvgIpc) is 2.93. The molecule has 5 heteroatoms. The van der Waals surface area contributed by atoms with Crippen LogP contribution in [0.2, 0.25) is 0 Å². The zero-order valence-electron chi connectivity index (χ0n) is 14.9. The van der Waals surface area contributed by atoms with Crippen molar-refractivity contribution in [2.24, 2.45) is 0 Å². The summed E-state index contributed by atoms with van der Waals surface area (Å²) in [5, 5.41) is 4.09. The summed E-state index contributed by atoms with van der Waals surface area (Å²) in [6, 6.07) is 13.6. The van der Waals surface area contributed by atoms with Crippen LogP contribution in [0.4, 0.5) is 10.5 Å². The number of carbonyl (C=O) groups is 1. The van der Waals surface area contributed by atoms with Crippen molar-refractivity contribution >= 4 is 22.6 Å².